The van der Waals surface area contributed by atoms with Crippen molar-refractivity contribution in [3.8, 4) is 17.1 Å². The summed E-state index contributed by atoms with van der Waals surface area (Å²) >= 11 is 12.8. The van der Waals surface area contributed by atoms with Crippen LogP contribution in [0.3, 0.4) is 0 Å². The fourth-order valence-corrected chi connectivity index (χ4v) is 5.97. The number of nitrogens with two attached hydrogens (primary N) is 1. The molecule has 2 aliphatic rings. The van der Waals surface area contributed by atoms with Crippen molar-refractivity contribution in [3.05, 3.63) is 40.2 Å². The Labute approximate surface area is 221 Å². The van der Waals surface area contributed by atoms with Crippen LogP contribution in [-0.4, -0.2) is 65.6 Å². The van der Waals surface area contributed by atoms with Gasteiger partial charge in [0.1, 0.15) is 24.3 Å². The molecule has 1 spiro atoms. The molecule has 4 N–H and O–H groups in total. The number of hydrogen-bond donors (Lipinski definition) is 3. The minimum atomic E-state index is -0.656. The molecule has 1 aromatic carbocycles. The highest BCUT2D eigenvalue weighted by atomic mass is 35.5. The summed E-state index contributed by atoms with van der Waals surface area (Å²) in [5.41, 5.74) is 9.00. The average molecular weight is 534 g/mol. The van der Waals surface area contributed by atoms with Gasteiger partial charge in [0.15, 0.2) is 11.6 Å². The van der Waals surface area contributed by atoms with Gasteiger partial charge in [-0.1, -0.05) is 11.6 Å². The molecule has 1 aliphatic heterocycles. The van der Waals surface area contributed by atoms with Crippen molar-refractivity contribution in [2.75, 3.05) is 38.2 Å². The first-order valence-electron chi connectivity index (χ1n) is 12.0. The molecule has 0 radical (unpaired) electrons. The van der Waals surface area contributed by atoms with Gasteiger partial charge >= 0.3 is 0 Å². The van der Waals surface area contributed by atoms with E-state index < -0.39 is 6.10 Å². The number of rotatable bonds is 9. The van der Waals surface area contributed by atoms with Crippen molar-refractivity contribution < 1.29 is 14.6 Å². The number of allylic oxidation sites excluding steroid dienone is 2. The fourth-order valence-electron chi connectivity index (χ4n) is 5.11. The van der Waals surface area contributed by atoms with Gasteiger partial charge < -0.3 is 25.8 Å². The van der Waals surface area contributed by atoms with Crippen LogP contribution in [-0.2, 0) is 4.79 Å². The quantitative estimate of drug-likeness (QED) is 0.331. The lowest BCUT2D eigenvalue weighted by molar-refractivity contribution is -0.111. The summed E-state index contributed by atoms with van der Waals surface area (Å²) in [6.07, 6.45) is 1.34. The van der Waals surface area contributed by atoms with E-state index in [1.54, 1.807) is 32.2 Å². The highest BCUT2D eigenvalue weighted by molar-refractivity contribution is 6.33. The summed E-state index contributed by atoms with van der Waals surface area (Å²) in [5, 5.41) is 13.6. The van der Waals surface area contributed by atoms with E-state index in [0.717, 1.165) is 37.3 Å². The molecular formula is C26H33Cl2N5O3. The van der Waals surface area contributed by atoms with Crippen molar-refractivity contribution in [1.29, 1.82) is 0 Å². The van der Waals surface area contributed by atoms with Crippen LogP contribution in [0.15, 0.2) is 23.9 Å². The number of nitrogens with zero attached hydrogens (tertiary/aromatic N) is 3. The van der Waals surface area contributed by atoms with E-state index in [1.807, 2.05) is 6.92 Å². The molecule has 1 atom stereocenters. The number of carbonyl (C=O) groups is 1. The van der Waals surface area contributed by atoms with Crippen molar-refractivity contribution in [3.63, 3.8) is 0 Å². The Morgan fingerprint density at radius 2 is 2.03 bits per heavy atom. The Hall–Kier alpha value is -2.39. The third-order valence-corrected chi connectivity index (χ3v) is 7.46. The first-order chi connectivity index (χ1) is 17.0. The van der Waals surface area contributed by atoms with Gasteiger partial charge in [-0.25, -0.2) is 9.97 Å². The van der Waals surface area contributed by atoms with Crippen molar-refractivity contribution in [2.24, 2.45) is 11.1 Å². The number of ether oxygens (including phenoxy) is 1. The van der Waals surface area contributed by atoms with Gasteiger partial charge in [-0.2, -0.15) is 0 Å². The van der Waals surface area contributed by atoms with E-state index >= 15 is 0 Å². The largest absolute Gasteiger partial charge is 0.491 e. The molecule has 10 heteroatoms. The van der Waals surface area contributed by atoms with Crippen LogP contribution in [0.1, 0.15) is 37.9 Å². The Balaban J connectivity index is 1.75. The maximum atomic E-state index is 12.6. The summed E-state index contributed by atoms with van der Waals surface area (Å²) < 4.78 is 5.77. The first-order valence-corrected chi connectivity index (χ1v) is 12.9. The van der Waals surface area contributed by atoms with Crippen LogP contribution in [0.5, 0.6) is 5.75 Å². The lowest BCUT2D eigenvalue weighted by Crippen LogP contribution is -2.63. The Morgan fingerprint density at radius 1 is 1.33 bits per heavy atom. The molecule has 4 rings (SSSR count). The minimum Gasteiger partial charge on any atom is -0.491 e. The molecule has 2 heterocycles. The smallest absolute Gasteiger partial charge is 0.163 e. The Kier molecular flexibility index (Phi) is 7.80. The van der Waals surface area contributed by atoms with Crippen LogP contribution in [0.2, 0.25) is 5.02 Å². The number of halogens is 2. The summed E-state index contributed by atoms with van der Waals surface area (Å²) in [6, 6.07) is 5.20. The zero-order chi connectivity index (χ0) is 26.2. The fraction of sp³-hybridized carbons (Fsp3) is 0.500. The third-order valence-electron chi connectivity index (χ3n) is 6.83. The predicted molar refractivity (Wildman–Crippen MR) is 144 cm³/mol. The van der Waals surface area contributed by atoms with E-state index in [9.17, 15) is 9.90 Å². The molecule has 0 bridgehead atoms. The van der Waals surface area contributed by atoms with Crippen LogP contribution in [0.25, 0.3) is 17.0 Å². The molecule has 8 nitrogen and oxygen atoms in total. The van der Waals surface area contributed by atoms with E-state index in [1.165, 1.54) is 6.92 Å². The number of aliphatic hydroxyl groups is 1. The van der Waals surface area contributed by atoms with Crippen LogP contribution < -0.4 is 20.7 Å². The molecule has 1 aromatic heterocycles. The molecular weight excluding hydrogens is 501 g/mol. The monoisotopic (exact) mass is 533 g/mol. The standard InChI is InChI=1S/C26H33Cl2N5O3/c1-14-23(22(15(2)29)16(3)34)31-24(32-25(14)33-12-26(13-33)8-17(27)9-26)20-7-19(5-6-21(20)28)36-11-18(35)10-30-4/h5-7,17-18,30,35H,8-13,29H2,1-4H3/t18-/m1/s1. The summed E-state index contributed by atoms with van der Waals surface area (Å²) in [6.45, 7) is 7.34. The molecule has 1 aliphatic carbocycles. The summed E-state index contributed by atoms with van der Waals surface area (Å²) in [5.74, 6) is 1.49. The second kappa shape index (κ2) is 10.5. The van der Waals surface area contributed by atoms with Gasteiger partial charge in [0.25, 0.3) is 0 Å². The molecule has 36 heavy (non-hydrogen) atoms. The van der Waals surface area contributed by atoms with Gasteiger partial charge in [-0.15, -0.1) is 11.6 Å². The SMILES string of the molecule is CNC[C@@H](O)COc1ccc(Cl)c(-c2nc(C(C(C)=O)=C(C)N)c(C)c(N3CC4(CC(Cl)C4)C3)n2)c1. The number of hydrogen-bond acceptors (Lipinski definition) is 8. The van der Waals surface area contributed by atoms with Gasteiger partial charge in [-0.05, 0) is 58.9 Å². The number of ketones is 1. The lowest BCUT2D eigenvalue weighted by Gasteiger charge is -2.58. The zero-order valence-electron chi connectivity index (χ0n) is 21.1. The van der Waals surface area contributed by atoms with Gasteiger partial charge in [0.05, 0.1) is 16.3 Å². The second-order valence-corrected chi connectivity index (χ2v) is 11.0. The number of alkyl halides is 1. The maximum Gasteiger partial charge on any atom is 0.163 e. The molecule has 1 saturated heterocycles. The van der Waals surface area contributed by atoms with Gasteiger partial charge in [0, 0.05) is 47.3 Å². The molecule has 194 valence electrons. The van der Waals surface area contributed by atoms with E-state index in [-0.39, 0.29) is 23.2 Å². The van der Waals surface area contributed by atoms with Crippen molar-refractivity contribution in [1.82, 2.24) is 15.3 Å². The molecule has 1 saturated carbocycles. The number of benzene rings is 1. The number of anilines is 1. The van der Waals surface area contributed by atoms with Gasteiger partial charge in [-0.3, -0.25) is 4.79 Å². The van der Waals surface area contributed by atoms with Gasteiger partial charge in [0.2, 0.25) is 0 Å². The number of likely N-dealkylation sites (N-methyl/N-ethyl adjacent to an activating group) is 1. The van der Waals surface area contributed by atoms with E-state index in [2.05, 4.69) is 10.2 Å². The van der Waals surface area contributed by atoms with Crippen molar-refractivity contribution in [2.45, 2.75) is 45.1 Å². The number of aliphatic hydroxyl groups excluding tert-OH is 1. The number of Topliss-reactive ketones (excluding diaryl/α,β-unsaturated/α-hetero) is 1. The Morgan fingerprint density at radius 3 is 2.61 bits per heavy atom. The molecule has 0 amide bonds. The molecule has 2 aromatic rings. The average Bonchev–Trinajstić information content (AvgIpc) is 2.76. The maximum absolute atomic E-state index is 12.6. The zero-order valence-corrected chi connectivity index (χ0v) is 22.6. The third kappa shape index (κ3) is 5.32. The highest BCUT2D eigenvalue weighted by Gasteiger charge is 2.52. The van der Waals surface area contributed by atoms with E-state index in [0.29, 0.717) is 45.7 Å². The highest BCUT2D eigenvalue weighted by Crippen LogP contribution is 2.52. The van der Waals surface area contributed by atoms with E-state index in [4.69, 9.17) is 43.6 Å². The minimum absolute atomic E-state index is 0.119. The Bertz CT molecular complexity index is 1180. The normalized spacial score (nSPS) is 18.4. The number of nitrogens with one attached hydrogen (secondary N) is 1. The lowest BCUT2D eigenvalue weighted by atomic mass is 9.63. The predicted octanol–water partition coefficient (Wildman–Crippen LogP) is 3.55. The van der Waals surface area contributed by atoms with Crippen molar-refractivity contribution >= 4 is 40.4 Å². The van der Waals surface area contributed by atoms with Crippen LogP contribution in [0.4, 0.5) is 5.82 Å². The first kappa shape index (κ1) is 26.7. The second-order valence-electron chi connectivity index (χ2n) is 9.98. The van der Waals surface area contributed by atoms with Crippen LogP contribution >= 0.6 is 23.2 Å². The topological polar surface area (TPSA) is 114 Å². The van der Waals surface area contributed by atoms with Crippen LogP contribution in [0, 0.1) is 12.3 Å². The molecule has 0 unspecified atom stereocenters. The molecule has 2 fully saturated rings. The summed E-state index contributed by atoms with van der Waals surface area (Å²) in [7, 11) is 1.76. The summed E-state index contributed by atoms with van der Waals surface area (Å²) in [4.78, 5) is 24.5. The number of carbonyl (C=O) groups excluding carboxylic acids is 1. The number of aromatic nitrogens is 2.